The predicted octanol–water partition coefficient (Wildman–Crippen LogP) is 3.53. The van der Waals surface area contributed by atoms with Crippen LogP contribution in [-0.4, -0.2) is 55.0 Å². The number of amides is 1. The smallest absolute Gasteiger partial charge is 0.226 e. The molecular formula is C24H28F3N3O. The van der Waals surface area contributed by atoms with Gasteiger partial charge < -0.3 is 15.1 Å². The van der Waals surface area contributed by atoms with Crippen LogP contribution in [0.25, 0.3) is 0 Å². The maximum atomic E-state index is 13.5. The number of carbonyl (C=O) groups excluding carboxylic acids is 1. The van der Waals surface area contributed by atoms with E-state index in [1.807, 2.05) is 11.9 Å². The standard InChI is InChI=1S/C24H28F3N3O/c1-29-6-8-30(9-7-29)24(31)23-14-21(13-22(23)17-2-4-18(25)5-3-17)28-15-16-10-19(26)12-20(27)11-16/h2-5,10-12,21-23,28H,6-9,13-15H2,1H3/t21-,22+,23-/m0/s1. The quantitative estimate of drug-likeness (QED) is 0.787. The first kappa shape index (κ1) is 21.8. The van der Waals surface area contributed by atoms with Gasteiger partial charge in [-0.1, -0.05) is 12.1 Å². The topological polar surface area (TPSA) is 35.6 Å². The summed E-state index contributed by atoms with van der Waals surface area (Å²) < 4.78 is 40.4. The molecule has 1 N–H and O–H groups in total. The second kappa shape index (κ2) is 9.40. The molecule has 2 aliphatic rings. The Morgan fingerprint density at radius 3 is 2.23 bits per heavy atom. The van der Waals surface area contributed by atoms with Crippen LogP contribution < -0.4 is 5.32 Å². The zero-order chi connectivity index (χ0) is 22.0. The number of carbonyl (C=O) groups is 1. The van der Waals surface area contributed by atoms with Crippen molar-refractivity contribution >= 4 is 5.91 Å². The van der Waals surface area contributed by atoms with Crippen molar-refractivity contribution in [3.05, 3.63) is 71.0 Å². The van der Waals surface area contributed by atoms with Crippen LogP contribution in [0.15, 0.2) is 42.5 Å². The molecule has 31 heavy (non-hydrogen) atoms. The minimum atomic E-state index is -0.601. The molecule has 0 aromatic heterocycles. The van der Waals surface area contributed by atoms with E-state index in [9.17, 15) is 18.0 Å². The summed E-state index contributed by atoms with van der Waals surface area (Å²) in [5.74, 6) is -1.58. The molecule has 1 aliphatic heterocycles. The zero-order valence-corrected chi connectivity index (χ0v) is 17.7. The third-order valence-corrected chi connectivity index (χ3v) is 6.51. The highest BCUT2D eigenvalue weighted by atomic mass is 19.1. The molecule has 2 fully saturated rings. The summed E-state index contributed by atoms with van der Waals surface area (Å²) in [5, 5.41) is 3.37. The zero-order valence-electron chi connectivity index (χ0n) is 17.7. The molecule has 2 aromatic rings. The van der Waals surface area contributed by atoms with Crippen molar-refractivity contribution in [2.45, 2.75) is 31.3 Å². The molecule has 166 valence electrons. The second-order valence-corrected chi connectivity index (χ2v) is 8.72. The lowest BCUT2D eigenvalue weighted by atomic mass is 9.87. The van der Waals surface area contributed by atoms with Crippen LogP contribution in [0.3, 0.4) is 0 Å². The minimum absolute atomic E-state index is 0.0190. The van der Waals surface area contributed by atoms with Gasteiger partial charge in [0.25, 0.3) is 0 Å². The summed E-state index contributed by atoms with van der Waals surface area (Å²) in [6.07, 6.45) is 1.36. The van der Waals surface area contributed by atoms with Crippen LogP contribution in [0.1, 0.15) is 29.9 Å². The Kier molecular flexibility index (Phi) is 6.62. The maximum absolute atomic E-state index is 13.5. The number of piperazine rings is 1. The SMILES string of the molecule is CN1CCN(C(=O)[C@H]2C[C@@H](NCc3cc(F)cc(F)c3)C[C@@H]2c2ccc(F)cc2)CC1. The van der Waals surface area contributed by atoms with E-state index >= 15 is 0 Å². The number of nitrogens with one attached hydrogen (secondary N) is 1. The van der Waals surface area contributed by atoms with Gasteiger partial charge in [-0.05, 0) is 61.2 Å². The van der Waals surface area contributed by atoms with Crippen LogP contribution >= 0.6 is 0 Å². The first-order chi connectivity index (χ1) is 14.9. The molecule has 1 saturated carbocycles. The largest absolute Gasteiger partial charge is 0.340 e. The number of hydrogen-bond donors (Lipinski definition) is 1. The number of benzene rings is 2. The fourth-order valence-corrected chi connectivity index (χ4v) is 4.79. The number of nitrogens with zero attached hydrogens (tertiary/aromatic N) is 2. The lowest BCUT2D eigenvalue weighted by molar-refractivity contribution is -0.137. The first-order valence-electron chi connectivity index (χ1n) is 10.8. The highest BCUT2D eigenvalue weighted by Gasteiger charge is 2.41. The monoisotopic (exact) mass is 431 g/mol. The van der Waals surface area contributed by atoms with E-state index in [1.165, 1.54) is 24.3 Å². The van der Waals surface area contributed by atoms with Crippen molar-refractivity contribution < 1.29 is 18.0 Å². The number of hydrogen-bond acceptors (Lipinski definition) is 3. The fourth-order valence-electron chi connectivity index (χ4n) is 4.79. The number of rotatable bonds is 5. The molecule has 0 spiro atoms. The Hall–Kier alpha value is -2.38. The van der Waals surface area contributed by atoms with E-state index < -0.39 is 11.6 Å². The Labute approximate surface area is 181 Å². The Morgan fingerprint density at radius 1 is 0.935 bits per heavy atom. The molecule has 1 heterocycles. The summed E-state index contributed by atoms with van der Waals surface area (Å²) in [5.41, 5.74) is 1.49. The van der Waals surface area contributed by atoms with Crippen molar-refractivity contribution in [3.8, 4) is 0 Å². The summed E-state index contributed by atoms with van der Waals surface area (Å²) in [4.78, 5) is 17.5. The van der Waals surface area contributed by atoms with Gasteiger partial charge in [0, 0.05) is 50.7 Å². The summed E-state index contributed by atoms with van der Waals surface area (Å²) in [6, 6.07) is 9.90. The third-order valence-electron chi connectivity index (χ3n) is 6.51. The number of halogens is 3. The molecule has 4 rings (SSSR count). The molecule has 0 radical (unpaired) electrons. The minimum Gasteiger partial charge on any atom is -0.340 e. The second-order valence-electron chi connectivity index (χ2n) is 8.72. The van der Waals surface area contributed by atoms with Crippen molar-refractivity contribution in [1.29, 1.82) is 0 Å². The van der Waals surface area contributed by atoms with E-state index in [4.69, 9.17) is 0 Å². The molecule has 1 aliphatic carbocycles. The van der Waals surface area contributed by atoms with Gasteiger partial charge in [-0.25, -0.2) is 13.2 Å². The van der Waals surface area contributed by atoms with Gasteiger partial charge in [0.2, 0.25) is 5.91 Å². The molecule has 7 heteroatoms. The Bertz CT molecular complexity index is 893. The van der Waals surface area contributed by atoms with Crippen LogP contribution in [0, 0.1) is 23.4 Å². The lowest BCUT2D eigenvalue weighted by Crippen LogP contribution is -2.49. The van der Waals surface area contributed by atoms with E-state index in [0.717, 1.165) is 24.7 Å². The third kappa shape index (κ3) is 5.28. The van der Waals surface area contributed by atoms with E-state index in [1.54, 1.807) is 12.1 Å². The van der Waals surface area contributed by atoms with Crippen molar-refractivity contribution in [3.63, 3.8) is 0 Å². The van der Waals surface area contributed by atoms with Crippen LogP contribution in [0.4, 0.5) is 13.2 Å². The van der Waals surface area contributed by atoms with Gasteiger partial charge >= 0.3 is 0 Å². The first-order valence-corrected chi connectivity index (χ1v) is 10.8. The normalized spacial score (nSPS) is 24.5. The predicted molar refractivity (Wildman–Crippen MR) is 113 cm³/mol. The summed E-state index contributed by atoms with van der Waals surface area (Å²) >= 11 is 0. The molecule has 1 saturated heterocycles. The average molecular weight is 432 g/mol. The van der Waals surface area contributed by atoms with Crippen LogP contribution in [0.2, 0.25) is 0 Å². The van der Waals surface area contributed by atoms with Crippen molar-refractivity contribution in [1.82, 2.24) is 15.1 Å². The van der Waals surface area contributed by atoms with Gasteiger partial charge in [0.1, 0.15) is 17.5 Å². The molecular weight excluding hydrogens is 403 g/mol. The highest BCUT2D eigenvalue weighted by molar-refractivity contribution is 5.80. The molecule has 3 atom stereocenters. The highest BCUT2D eigenvalue weighted by Crippen LogP contribution is 2.41. The van der Waals surface area contributed by atoms with Crippen LogP contribution in [0.5, 0.6) is 0 Å². The van der Waals surface area contributed by atoms with Gasteiger partial charge in [0.15, 0.2) is 0 Å². The fraction of sp³-hybridized carbons (Fsp3) is 0.458. The molecule has 4 nitrogen and oxygen atoms in total. The number of likely N-dealkylation sites (N-methyl/N-ethyl adjacent to an activating group) is 1. The Balaban J connectivity index is 1.48. The van der Waals surface area contributed by atoms with E-state index in [-0.39, 0.29) is 29.6 Å². The van der Waals surface area contributed by atoms with Gasteiger partial charge in [-0.15, -0.1) is 0 Å². The molecule has 2 aromatic carbocycles. The molecule has 0 bridgehead atoms. The average Bonchev–Trinajstić information content (AvgIpc) is 3.16. The lowest BCUT2D eigenvalue weighted by Gasteiger charge is -2.35. The van der Waals surface area contributed by atoms with Gasteiger partial charge in [0.05, 0.1) is 0 Å². The van der Waals surface area contributed by atoms with Gasteiger partial charge in [-0.3, -0.25) is 4.79 Å². The van der Waals surface area contributed by atoms with Crippen LogP contribution in [-0.2, 0) is 11.3 Å². The Morgan fingerprint density at radius 2 is 1.58 bits per heavy atom. The molecule has 0 unspecified atom stereocenters. The molecule has 1 amide bonds. The van der Waals surface area contributed by atoms with Gasteiger partial charge in [-0.2, -0.15) is 0 Å². The maximum Gasteiger partial charge on any atom is 0.226 e. The summed E-state index contributed by atoms with van der Waals surface area (Å²) in [7, 11) is 2.05. The van der Waals surface area contributed by atoms with Crippen molar-refractivity contribution in [2.75, 3.05) is 33.2 Å². The van der Waals surface area contributed by atoms with E-state index in [0.29, 0.717) is 38.0 Å². The van der Waals surface area contributed by atoms with E-state index in [2.05, 4.69) is 10.2 Å². The summed E-state index contributed by atoms with van der Waals surface area (Å²) in [6.45, 7) is 3.45. The van der Waals surface area contributed by atoms with Crippen molar-refractivity contribution in [2.24, 2.45) is 5.92 Å².